The smallest absolute Gasteiger partial charge is 0.305 e. The van der Waals surface area contributed by atoms with E-state index in [-0.39, 0.29) is 12.2 Å². The molecular weight excluding hydrogens is 303 g/mol. The number of hydrogen-bond acceptors (Lipinski definition) is 3. The Morgan fingerprint density at radius 3 is 2.60 bits per heavy atom. The van der Waals surface area contributed by atoms with Gasteiger partial charge in [-0.2, -0.15) is 0 Å². The lowest BCUT2D eigenvalue weighted by Crippen LogP contribution is -2.42. The van der Waals surface area contributed by atoms with Crippen LogP contribution < -0.4 is 10.9 Å². The zero-order valence-electron chi connectivity index (χ0n) is 10.2. The van der Waals surface area contributed by atoms with Crippen LogP contribution >= 0.6 is 23.2 Å². The van der Waals surface area contributed by atoms with E-state index in [2.05, 4.69) is 10.9 Å². The van der Waals surface area contributed by atoms with Crippen LogP contribution in [-0.4, -0.2) is 11.8 Å². The largest absolute Gasteiger partial charge is 0.459 e. The molecule has 0 saturated heterocycles. The van der Waals surface area contributed by atoms with E-state index in [9.17, 15) is 9.59 Å². The molecule has 0 radical (unpaired) electrons. The first-order valence-corrected chi connectivity index (χ1v) is 6.38. The van der Waals surface area contributed by atoms with Crippen molar-refractivity contribution in [1.29, 1.82) is 0 Å². The third-order valence-electron chi connectivity index (χ3n) is 2.43. The summed E-state index contributed by atoms with van der Waals surface area (Å²) in [5.74, 6) is -0.838. The molecule has 1 aromatic heterocycles. The molecule has 1 aromatic carbocycles. The number of carbonyl (C=O) groups is 2. The van der Waals surface area contributed by atoms with Gasteiger partial charge in [-0.05, 0) is 29.8 Å². The number of halogens is 2. The predicted octanol–water partition coefficient (Wildman–Crippen LogP) is 2.59. The average Bonchev–Trinajstić information content (AvgIpc) is 2.93. The van der Waals surface area contributed by atoms with Gasteiger partial charge in [0.2, 0.25) is 5.91 Å². The Morgan fingerprint density at radius 2 is 1.95 bits per heavy atom. The van der Waals surface area contributed by atoms with Gasteiger partial charge in [-0.15, -0.1) is 0 Å². The fraction of sp³-hybridized carbons (Fsp3) is 0.0769. The fourth-order valence-corrected chi connectivity index (χ4v) is 1.95. The Balaban J connectivity index is 1.88. The van der Waals surface area contributed by atoms with E-state index in [1.54, 1.807) is 24.3 Å². The molecule has 0 spiro atoms. The average molecular weight is 313 g/mol. The van der Waals surface area contributed by atoms with Crippen molar-refractivity contribution in [2.75, 3.05) is 0 Å². The van der Waals surface area contributed by atoms with Crippen LogP contribution in [0.5, 0.6) is 0 Å². The third kappa shape index (κ3) is 3.76. The minimum absolute atomic E-state index is 0.0223. The lowest BCUT2D eigenvalue weighted by Gasteiger charge is -2.07. The third-order valence-corrected chi connectivity index (χ3v) is 3.01. The van der Waals surface area contributed by atoms with Crippen LogP contribution in [0.1, 0.15) is 16.1 Å². The Hall–Kier alpha value is -1.98. The molecule has 2 amide bonds. The highest BCUT2D eigenvalue weighted by Crippen LogP contribution is 2.21. The molecule has 2 N–H and O–H groups in total. The lowest BCUT2D eigenvalue weighted by atomic mass is 10.1. The van der Waals surface area contributed by atoms with Gasteiger partial charge in [-0.25, -0.2) is 0 Å². The highest BCUT2D eigenvalue weighted by Gasteiger charge is 2.11. The monoisotopic (exact) mass is 312 g/mol. The summed E-state index contributed by atoms with van der Waals surface area (Å²) in [6.07, 6.45) is 1.39. The van der Waals surface area contributed by atoms with Gasteiger partial charge in [0.15, 0.2) is 5.76 Å². The Bertz CT molecular complexity index is 627. The number of furan rings is 1. The van der Waals surface area contributed by atoms with Gasteiger partial charge in [-0.3, -0.25) is 20.4 Å². The molecular formula is C13H10Cl2N2O3. The first kappa shape index (κ1) is 14.4. The maximum absolute atomic E-state index is 11.7. The standard InChI is InChI=1S/C13H10Cl2N2O3/c14-9-4-3-8(10(15)7-9)6-12(18)16-17-13(19)11-2-1-5-20-11/h1-5,7H,6H2,(H,16,18)(H,17,19). The van der Waals surface area contributed by atoms with Gasteiger partial charge < -0.3 is 4.42 Å². The van der Waals surface area contributed by atoms with Crippen LogP contribution in [0.3, 0.4) is 0 Å². The van der Waals surface area contributed by atoms with Gasteiger partial charge in [0, 0.05) is 10.0 Å². The molecule has 0 atom stereocenters. The van der Waals surface area contributed by atoms with Crippen LogP contribution in [0.2, 0.25) is 10.0 Å². The minimum atomic E-state index is -0.537. The van der Waals surface area contributed by atoms with E-state index in [4.69, 9.17) is 27.6 Å². The van der Waals surface area contributed by atoms with Gasteiger partial charge in [0.05, 0.1) is 12.7 Å². The number of hydrazine groups is 1. The molecule has 0 saturated carbocycles. The predicted molar refractivity (Wildman–Crippen MR) is 74.5 cm³/mol. The van der Waals surface area contributed by atoms with Crippen molar-refractivity contribution in [3.05, 3.63) is 58.0 Å². The number of hydrogen-bond donors (Lipinski definition) is 2. The van der Waals surface area contributed by atoms with E-state index in [1.165, 1.54) is 12.3 Å². The summed E-state index contributed by atoms with van der Waals surface area (Å²) >= 11 is 11.7. The van der Waals surface area contributed by atoms with Crippen LogP contribution in [0, 0.1) is 0 Å². The topological polar surface area (TPSA) is 71.3 Å². The number of rotatable bonds is 3. The first-order valence-electron chi connectivity index (χ1n) is 5.63. The molecule has 0 aliphatic carbocycles. The molecule has 7 heteroatoms. The summed E-state index contributed by atoms with van der Waals surface area (Å²) in [7, 11) is 0. The van der Waals surface area contributed by atoms with Crippen LogP contribution in [0.25, 0.3) is 0 Å². The van der Waals surface area contributed by atoms with E-state index in [1.807, 2.05) is 0 Å². The van der Waals surface area contributed by atoms with E-state index >= 15 is 0 Å². The summed E-state index contributed by atoms with van der Waals surface area (Å²) in [4.78, 5) is 23.2. The summed E-state index contributed by atoms with van der Waals surface area (Å²) in [5.41, 5.74) is 5.12. The number of benzene rings is 1. The van der Waals surface area contributed by atoms with E-state index < -0.39 is 11.8 Å². The Morgan fingerprint density at radius 1 is 1.15 bits per heavy atom. The Kier molecular flexibility index (Phi) is 4.65. The second-order valence-corrected chi connectivity index (χ2v) is 4.74. The van der Waals surface area contributed by atoms with Gasteiger partial charge in [-0.1, -0.05) is 29.3 Å². The summed E-state index contributed by atoms with van der Waals surface area (Å²) < 4.78 is 4.88. The van der Waals surface area contributed by atoms with Crippen molar-refractivity contribution in [2.24, 2.45) is 0 Å². The highest BCUT2D eigenvalue weighted by atomic mass is 35.5. The summed E-state index contributed by atoms with van der Waals surface area (Å²) in [6.45, 7) is 0. The summed E-state index contributed by atoms with van der Waals surface area (Å²) in [6, 6.07) is 7.89. The van der Waals surface area contributed by atoms with Crippen molar-refractivity contribution in [2.45, 2.75) is 6.42 Å². The maximum atomic E-state index is 11.7. The molecule has 0 aliphatic rings. The normalized spacial score (nSPS) is 10.1. The second kappa shape index (κ2) is 6.45. The van der Waals surface area contributed by atoms with Crippen molar-refractivity contribution >= 4 is 35.0 Å². The van der Waals surface area contributed by atoms with Crippen molar-refractivity contribution in [3.8, 4) is 0 Å². The maximum Gasteiger partial charge on any atom is 0.305 e. The SMILES string of the molecule is O=C(Cc1ccc(Cl)cc1Cl)NNC(=O)c1ccco1. The van der Waals surface area contributed by atoms with Crippen LogP contribution in [0.4, 0.5) is 0 Å². The highest BCUT2D eigenvalue weighted by molar-refractivity contribution is 6.35. The number of amides is 2. The molecule has 0 aliphatic heterocycles. The quantitative estimate of drug-likeness (QED) is 0.856. The molecule has 0 bridgehead atoms. The van der Waals surface area contributed by atoms with E-state index in [0.717, 1.165) is 0 Å². The van der Waals surface area contributed by atoms with Crippen LogP contribution in [0.15, 0.2) is 41.0 Å². The second-order valence-electron chi connectivity index (χ2n) is 3.89. The van der Waals surface area contributed by atoms with Crippen molar-refractivity contribution in [3.63, 3.8) is 0 Å². The van der Waals surface area contributed by atoms with Gasteiger partial charge in [0.1, 0.15) is 0 Å². The molecule has 20 heavy (non-hydrogen) atoms. The Labute approximate surface area is 124 Å². The van der Waals surface area contributed by atoms with Crippen molar-refractivity contribution < 1.29 is 14.0 Å². The molecule has 0 fully saturated rings. The van der Waals surface area contributed by atoms with Gasteiger partial charge in [0.25, 0.3) is 0 Å². The fourth-order valence-electron chi connectivity index (χ4n) is 1.48. The van der Waals surface area contributed by atoms with E-state index in [0.29, 0.717) is 15.6 Å². The minimum Gasteiger partial charge on any atom is -0.459 e. The molecule has 104 valence electrons. The molecule has 1 heterocycles. The number of nitrogens with one attached hydrogen (secondary N) is 2. The number of carbonyl (C=O) groups excluding carboxylic acids is 2. The zero-order chi connectivity index (χ0) is 14.5. The summed E-state index contributed by atoms with van der Waals surface area (Å²) in [5, 5.41) is 0.885. The molecule has 5 nitrogen and oxygen atoms in total. The first-order chi connectivity index (χ1) is 9.56. The zero-order valence-corrected chi connectivity index (χ0v) is 11.7. The van der Waals surface area contributed by atoms with Gasteiger partial charge >= 0.3 is 5.91 Å². The molecule has 2 rings (SSSR count). The van der Waals surface area contributed by atoms with Crippen LogP contribution in [-0.2, 0) is 11.2 Å². The molecule has 2 aromatic rings. The lowest BCUT2D eigenvalue weighted by molar-refractivity contribution is -0.121. The van der Waals surface area contributed by atoms with Crippen molar-refractivity contribution in [1.82, 2.24) is 10.9 Å². The molecule has 0 unspecified atom stereocenters.